The first-order valence-corrected chi connectivity index (χ1v) is 7.17. The van der Waals surface area contributed by atoms with Crippen LogP contribution in [-0.2, 0) is 4.79 Å². The second-order valence-electron chi connectivity index (χ2n) is 5.72. The van der Waals surface area contributed by atoms with E-state index in [1.54, 1.807) is 0 Å². The normalized spacial score (nSPS) is 27.1. The second-order valence-corrected chi connectivity index (χ2v) is 5.72. The van der Waals surface area contributed by atoms with E-state index < -0.39 is 17.4 Å². The van der Waals surface area contributed by atoms with E-state index in [-0.39, 0.29) is 12.6 Å². The summed E-state index contributed by atoms with van der Waals surface area (Å²) in [5.41, 5.74) is -0.832. The smallest absolute Gasteiger partial charge is 0.315 e. The van der Waals surface area contributed by atoms with Crippen LogP contribution in [0.15, 0.2) is 0 Å². The van der Waals surface area contributed by atoms with E-state index in [1.165, 1.54) is 0 Å². The van der Waals surface area contributed by atoms with Gasteiger partial charge in [0.25, 0.3) is 0 Å². The molecule has 1 aliphatic carbocycles. The van der Waals surface area contributed by atoms with Crippen LogP contribution in [0.5, 0.6) is 0 Å². The number of hydrogen-bond donors (Lipinski definition) is 3. The summed E-state index contributed by atoms with van der Waals surface area (Å²) in [6.45, 7) is 4.17. The van der Waals surface area contributed by atoms with Crippen molar-refractivity contribution in [2.75, 3.05) is 6.54 Å². The second kappa shape index (κ2) is 7.18. The molecule has 0 saturated heterocycles. The van der Waals surface area contributed by atoms with Crippen molar-refractivity contribution in [3.8, 4) is 12.3 Å². The summed E-state index contributed by atoms with van der Waals surface area (Å²) in [6.07, 6.45) is 8.91. The Balaban J connectivity index is 2.54. The van der Waals surface area contributed by atoms with Crippen molar-refractivity contribution >= 4 is 12.0 Å². The molecule has 1 atom stereocenters. The molecular weight excluding hydrogens is 256 g/mol. The predicted molar refractivity (Wildman–Crippen MR) is 77.1 cm³/mol. The molecule has 1 fully saturated rings. The van der Waals surface area contributed by atoms with Crippen LogP contribution < -0.4 is 10.6 Å². The van der Waals surface area contributed by atoms with Gasteiger partial charge in [-0.2, -0.15) is 0 Å². The topological polar surface area (TPSA) is 78.4 Å². The lowest BCUT2D eigenvalue weighted by Crippen LogP contribution is -2.49. The third kappa shape index (κ3) is 4.16. The van der Waals surface area contributed by atoms with Gasteiger partial charge in [0, 0.05) is 6.54 Å². The van der Waals surface area contributed by atoms with E-state index in [4.69, 9.17) is 6.42 Å². The Hall–Kier alpha value is -1.70. The van der Waals surface area contributed by atoms with Crippen molar-refractivity contribution in [1.82, 2.24) is 10.6 Å². The Morgan fingerprint density at radius 3 is 2.50 bits per heavy atom. The maximum absolute atomic E-state index is 11.7. The average Bonchev–Trinajstić information content (AvgIpc) is 2.44. The lowest BCUT2D eigenvalue weighted by atomic mass is 9.71. The highest BCUT2D eigenvalue weighted by Crippen LogP contribution is 2.38. The minimum atomic E-state index is -0.832. The molecule has 5 heteroatoms. The van der Waals surface area contributed by atoms with Gasteiger partial charge in [-0.3, -0.25) is 4.79 Å². The number of amides is 2. The summed E-state index contributed by atoms with van der Waals surface area (Å²) < 4.78 is 0. The SMILES string of the molecule is C#CC(CC)NC(=O)NCC1(C(=O)O)CCC(C)CC1. The van der Waals surface area contributed by atoms with Crippen LogP contribution >= 0.6 is 0 Å². The van der Waals surface area contributed by atoms with Gasteiger partial charge in [-0.1, -0.05) is 19.8 Å². The van der Waals surface area contributed by atoms with E-state index in [9.17, 15) is 14.7 Å². The highest BCUT2D eigenvalue weighted by atomic mass is 16.4. The molecule has 0 aliphatic heterocycles. The predicted octanol–water partition coefficient (Wildman–Crippen LogP) is 1.98. The van der Waals surface area contributed by atoms with Gasteiger partial charge in [-0.25, -0.2) is 4.79 Å². The minimum Gasteiger partial charge on any atom is -0.481 e. The van der Waals surface area contributed by atoms with E-state index in [0.29, 0.717) is 25.2 Å². The summed E-state index contributed by atoms with van der Waals surface area (Å²) in [7, 11) is 0. The van der Waals surface area contributed by atoms with Crippen molar-refractivity contribution in [3.63, 3.8) is 0 Å². The summed E-state index contributed by atoms with van der Waals surface area (Å²) in [5, 5.41) is 14.8. The van der Waals surface area contributed by atoms with Crippen LogP contribution in [0.2, 0.25) is 0 Å². The molecule has 0 aromatic heterocycles. The largest absolute Gasteiger partial charge is 0.481 e. The molecule has 0 aromatic rings. The number of hydrogen-bond acceptors (Lipinski definition) is 2. The number of urea groups is 1. The molecule has 2 amide bonds. The molecule has 112 valence electrons. The van der Waals surface area contributed by atoms with E-state index in [2.05, 4.69) is 23.5 Å². The van der Waals surface area contributed by atoms with E-state index in [0.717, 1.165) is 12.8 Å². The molecule has 0 aromatic carbocycles. The number of aliphatic carboxylic acids is 1. The summed E-state index contributed by atoms with van der Waals surface area (Å²) in [5.74, 6) is 2.20. The Labute approximate surface area is 120 Å². The first kappa shape index (κ1) is 16.4. The summed E-state index contributed by atoms with van der Waals surface area (Å²) in [4.78, 5) is 23.3. The van der Waals surface area contributed by atoms with Crippen molar-refractivity contribution in [1.29, 1.82) is 0 Å². The van der Waals surface area contributed by atoms with Crippen LogP contribution in [0, 0.1) is 23.7 Å². The maximum Gasteiger partial charge on any atom is 0.315 e. The number of nitrogens with one attached hydrogen (secondary N) is 2. The van der Waals surface area contributed by atoms with E-state index in [1.807, 2.05) is 6.92 Å². The average molecular weight is 280 g/mol. The molecule has 1 aliphatic rings. The van der Waals surface area contributed by atoms with Gasteiger partial charge in [0.05, 0.1) is 11.5 Å². The fourth-order valence-corrected chi connectivity index (χ4v) is 2.50. The molecule has 0 bridgehead atoms. The van der Waals surface area contributed by atoms with Crippen LogP contribution in [0.4, 0.5) is 4.79 Å². The standard InChI is InChI=1S/C15H24N2O3/c1-4-12(5-2)17-14(20)16-10-15(13(18)19)8-6-11(3)7-9-15/h1,11-12H,5-10H2,2-3H3,(H,18,19)(H2,16,17,20). The van der Waals surface area contributed by atoms with Gasteiger partial charge in [0.15, 0.2) is 0 Å². The summed E-state index contributed by atoms with van der Waals surface area (Å²) in [6, 6.07) is -0.712. The minimum absolute atomic E-state index is 0.155. The maximum atomic E-state index is 11.7. The number of carboxylic acid groups (broad SMARTS) is 1. The Kier molecular flexibility index (Phi) is 5.87. The number of terminal acetylenes is 1. The van der Waals surface area contributed by atoms with Gasteiger partial charge in [-0.05, 0) is 38.0 Å². The van der Waals surface area contributed by atoms with Crippen molar-refractivity contribution < 1.29 is 14.7 Å². The highest BCUT2D eigenvalue weighted by Gasteiger charge is 2.41. The monoisotopic (exact) mass is 280 g/mol. The first-order valence-electron chi connectivity index (χ1n) is 7.17. The van der Waals surface area contributed by atoms with Gasteiger partial charge < -0.3 is 15.7 Å². The van der Waals surface area contributed by atoms with Crippen LogP contribution in [0.25, 0.3) is 0 Å². The van der Waals surface area contributed by atoms with Crippen molar-refractivity contribution in [2.45, 2.75) is 52.0 Å². The molecule has 1 unspecified atom stereocenters. The van der Waals surface area contributed by atoms with Crippen molar-refractivity contribution in [2.24, 2.45) is 11.3 Å². The van der Waals surface area contributed by atoms with Crippen LogP contribution in [0.3, 0.4) is 0 Å². The number of carboxylic acids is 1. The van der Waals surface area contributed by atoms with Gasteiger partial charge in [-0.15, -0.1) is 6.42 Å². The van der Waals surface area contributed by atoms with Crippen LogP contribution in [0.1, 0.15) is 46.0 Å². The summed E-state index contributed by atoms with van der Waals surface area (Å²) >= 11 is 0. The molecule has 0 heterocycles. The molecule has 5 nitrogen and oxygen atoms in total. The Morgan fingerprint density at radius 1 is 1.45 bits per heavy atom. The zero-order valence-electron chi connectivity index (χ0n) is 12.2. The third-order valence-corrected chi connectivity index (χ3v) is 4.19. The van der Waals surface area contributed by atoms with Crippen LogP contribution in [-0.4, -0.2) is 29.7 Å². The zero-order chi connectivity index (χ0) is 15.2. The first-order chi connectivity index (χ1) is 9.43. The van der Waals surface area contributed by atoms with Gasteiger partial charge in [0.1, 0.15) is 0 Å². The van der Waals surface area contributed by atoms with Crippen molar-refractivity contribution in [3.05, 3.63) is 0 Å². The van der Waals surface area contributed by atoms with E-state index >= 15 is 0 Å². The number of rotatable bonds is 5. The quantitative estimate of drug-likeness (QED) is 0.674. The lowest BCUT2D eigenvalue weighted by Gasteiger charge is -2.35. The van der Waals surface area contributed by atoms with Gasteiger partial charge in [0.2, 0.25) is 0 Å². The number of carbonyl (C=O) groups is 2. The molecule has 1 rings (SSSR count). The lowest BCUT2D eigenvalue weighted by molar-refractivity contribution is -0.151. The van der Waals surface area contributed by atoms with Gasteiger partial charge >= 0.3 is 12.0 Å². The Morgan fingerprint density at radius 2 is 2.05 bits per heavy atom. The molecule has 20 heavy (non-hydrogen) atoms. The zero-order valence-corrected chi connectivity index (χ0v) is 12.2. The third-order valence-electron chi connectivity index (χ3n) is 4.19. The highest BCUT2D eigenvalue weighted by molar-refractivity contribution is 5.78. The molecule has 1 saturated carbocycles. The fourth-order valence-electron chi connectivity index (χ4n) is 2.50. The Bertz CT molecular complexity index is 392. The molecule has 3 N–H and O–H groups in total. The fraction of sp³-hybridized carbons (Fsp3) is 0.733. The molecular formula is C15H24N2O3. The molecule has 0 spiro atoms. The number of carbonyl (C=O) groups excluding carboxylic acids is 1. The molecule has 0 radical (unpaired) electrons.